The quantitative estimate of drug-likeness (QED) is 0.821. The maximum Gasteiger partial charge on any atom is 0.220 e. The minimum atomic E-state index is -0.00812. The molecule has 1 aliphatic rings. The summed E-state index contributed by atoms with van der Waals surface area (Å²) in [5.74, 6) is 0.210. The van der Waals surface area contributed by atoms with Gasteiger partial charge in [-0.3, -0.25) is 9.59 Å². The zero-order chi connectivity index (χ0) is 11.7. The third kappa shape index (κ3) is 1.85. The van der Waals surface area contributed by atoms with Gasteiger partial charge in [0.2, 0.25) is 5.91 Å². The van der Waals surface area contributed by atoms with Crippen LogP contribution in [0.5, 0.6) is 0 Å². The molecular weight excluding hydrogens is 202 g/mol. The van der Waals surface area contributed by atoms with Crippen LogP contribution >= 0.6 is 0 Å². The second-order valence-corrected chi connectivity index (χ2v) is 4.29. The minimum absolute atomic E-state index is 0.00812. The smallest absolute Gasteiger partial charge is 0.220 e. The molecule has 1 amide bonds. The van der Waals surface area contributed by atoms with Gasteiger partial charge in [0.25, 0.3) is 0 Å². The summed E-state index contributed by atoms with van der Waals surface area (Å²) < 4.78 is 0. The van der Waals surface area contributed by atoms with E-state index in [-0.39, 0.29) is 17.6 Å². The first-order valence-corrected chi connectivity index (χ1v) is 5.46. The Hall–Kier alpha value is -1.64. The van der Waals surface area contributed by atoms with Gasteiger partial charge < -0.3 is 5.32 Å². The van der Waals surface area contributed by atoms with Crippen molar-refractivity contribution in [2.45, 2.75) is 25.7 Å². The maximum atomic E-state index is 11.8. The third-order valence-electron chi connectivity index (χ3n) is 3.09. The maximum absolute atomic E-state index is 11.8. The molecule has 1 aromatic carbocycles. The highest BCUT2D eigenvalue weighted by Crippen LogP contribution is 2.35. The molecular formula is C13H15NO2. The van der Waals surface area contributed by atoms with Crippen molar-refractivity contribution in [3.63, 3.8) is 0 Å². The average molecular weight is 217 g/mol. The lowest BCUT2D eigenvalue weighted by atomic mass is 9.97. The first kappa shape index (κ1) is 10.9. The molecule has 1 unspecified atom stereocenters. The molecule has 0 spiro atoms. The minimum Gasteiger partial charge on any atom is -0.359 e. The molecule has 0 saturated carbocycles. The van der Waals surface area contributed by atoms with Gasteiger partial charge in [0, 0.05) is 31.4 Å². The lowest BCUT2D eigenvalue weighted by Crippen LogP contribution is -2.19. The number of aryl methyl sites for hydroxylation is 1. The van der Waals surface area contributed by atoms with E-state index in [2.05, 4.69) is 5.32 Å². The highest BCUT2D eigenvalue weighted by Gasteiger charge is 2.30. The summed E-state index contributed by atoms with van der Waals surface area (Å²) in [6, 6.07) is 5.89. The number of hydrogen-bond acceptors (Lipinski definition) is 2. The van der Waals surface area contributed by atoms with Crippen LogP contribution in [0, 0.1) is 6.92 Å². The van der Waals surface area contributed by atoms with Crippen molar-refractivity contribution in [3.05, 3.63) is 34.9 Å². The summed E-state index contributed by atoms with van der Waals surface area (Å²) in [6.45, 7) is 1.97. The van der Waals surface area contributed by atoms with Crippen LogP contribution in [0.25, 0.3) is 0 Å². The van der Waals surface area contributed by atoms with Crippen molar-refractivity contribution in [2.24, 2.45) is 0 Å². The Morgan fingerprint density at radius 2 is 2.25 bits per heavy atom. The van der Waals surface area contributed by atoms with Crippen LogP contribution in [-0.4, -0.2) is 18.7 Å². The lowest BCUT2D eigenvalue weighted by molar-refractivity contribution is -0.120. The first-order chi connectivity index (χ1) is 7.61. The molecule has 0 aromatic heterocycles. The lowest BCUT2D eigenvalue weighted by Gasteiger charge is -2.09. The number of rotatable bonds is 2. The third-order valence-corrected chi connectivity index (χ3v) is 3.09. The summed E-state index contributed by atoms with van der Waals surface area (Å²) in [4.78, 5) is 23.1. The molecule has 1 aromatic rings. The summed E-state index contributed by atoms with van der Waals surface area (Å²) in [5.41, 5.74) is 2.92. The van der Waals surface area contributed by atoms with Crippen LogP contribution in [-0.2, 0) is 4.79 Å². The van der Waals surface area contributed by atoms with Crippen molar-refractivity contribution in [3.8, 4) is 0 Å². The van der Waals surface area contributed by atoms with Crippen LogP contribution in [0.3, 0.4) is 0 Å². The van der Waals surface area contributed by atoms with Crippen LogP contribution in [0.15, 0.2) is 18.2 Å². The Labute approximate surface area is 94.9 Å². The Balaban J connectivity index is 2.29. The highest BCUT2D eigenvalue weighted by atomic mass is 16.1. The van der Waals surface area contributed by atoms with Crippen molar-refractivity contribution in [1.29, 1.82) is 0 Å². The Morgan fingerprint density at radius 3 is 2.94 bits per heavy atom. The van der Waals surface area contributed by atoms with Gasteiger partial charge in [0.05, 0.1) is 0 Å². The molecule has 1 atom stereocenters. The molecule has 84 valence electrons. The zero-order valence-electron chi connectivity index (χ0n) is 9.54. The van der Waals surface area contributed by atoms with E-state index in [1.165, 1.54) is 0 Å². The van der Waals surface area contributed by atoms with Crippen LogP contribution in [0.1, 0.15) is 40.2 Å². The van der Waals surface area contributed by atoms with Gasteiger partial charge in [-0.2, -0.15) is 0 Å². The van der Waals surface area contributed by atoms with Crippen molar-refractivity contribution < 1.29 is 9.59 Å². The molecule has 0 heterocycles. The molecule has 0 radical (unpaired) electrons. The molecule has 0 bridgehead atoms. The number of hydrogen-bond donors (Lipinski definition) is 1. The topological polar surface area (TPSA) is 46.2 Å². The number of carbonyl (C=O) groups is 2. The van der Waals surface area contributed by atoms with Crippen molar-refractivity contribution in [1.82, 2.24) is 5.32 Å². The Kier molecular flexibility index (Phi) is 2.77. The van der Waals surface area contributed by atoms with E-state index in [1.807, 2.05) is 25.1 Å². The normalized spacial score (nSPS) is 18.4. The van der Waals surface area contributed by atoms with E-state index in [1.54, 1.807) is 7.05 Å². The van der Waals surface area contributed by atoms with Gasteiger partial charge in [-0.15, -0.1) is 0 Å². The first-order valence-electron chi connectivity index (χ1n) is 5.46. The molecule has 3 nitrogen and oxygen atoms in total. The van der Waals surface area contributed by atoms with Crippen LogP contribution in [0.4, 0.5) is 0 Å². The number of Topliss-reactive ketones (excluding diaryl/α,β-unsaturated/α-hetero) is 1. The fraction of sp³-hybridized carbons (Fsp3) is 0.385. The van der Waals surface area contributed by atoms with Crippen molar-refractivity contribution in [2.75, 3.05) is 7.05 Å². The van der Waals surface area contributed by atoms with Gasteiger partial charge in [-0.05, 0) is 18.6 Å². The fourth-order valence-electron chi connectivity index (χ4n) is 2.22. The van der Waals surface area contributed by atoms with E-state index < -0.39 is 0 Å². The number of fused-ring (bicyclic) bond motifs is 1. The average Bonchev–Trinajstić information content (AvgIpc) is 2.55. The summed E-state index contributed by atoms with van der Waals surface area (Å²) in [5, 5.41) is 2.60. The monoisotopic (exact) mass is 217 g/mol. The number of nitrogens with one attached hydrogen (secondary N) is 1. The van der Waals surface area contributed by atoms with E-state index in [0.29, 0.717) is 12.8 Å². The molecule has 3 heteroatoms. The second kappa shape index (κ2) is 4.08. The predicted octanol–water partition coefficient (Wildman–Crippen LogP) is 1.80. The van der Waals surface area contributed by atoms with E-state index in [0.717, 1.165) is 16.7 Å². The summed E-state index contributed by atoms with van der Waals surface area (Å²) in [7, 11) is 1.62. The fourth-order valence-corrected chi connectivity index (χ4v) is 2.22. The van der Waals surface area contributed by atoms with Crippen molar-refractivity contribution >= 4 is 11.7 Å². The molecule has 2 rings (SSSR count). The summed E-state index contributed by atoms with van der Waals surface area (Å²) >= 11 is 0. The Bertz CT molecular complexity index is 451. The number of carbonyl (C=O) groups excluding carboxylic acids is 2. The molecule has 0 saturated heterocycles. The van der Waals surface area contributed by atoms with E-state index in [9.17, 15) is 9.59 Å². The highest BCUT2D eigenvalue weighted by molar-refractivity contribution is 6.02. The van der Waals surface area contributed by atoms with Crippen LogP contribution < -0.4 is 5.32 Å². The van der Waals surface area contributed by atoms with Gasteiger partial charge in [-0.1, -0.05) is 17.7 Å². The standard InChI is InChI=1S/C13H15NO2/c1-8-3-4-10-9(7-13(16)14-2)6-12(15)11(10)5-8/h3-5,9H,6-7H2,1-2H3,(H,14,16). The predicted molar refractivity (Wildman–Crippen MR) is 61.6 cm³/mol. The SMILES string of the molecule is CNC(=O)CC1CC(=O)c2cc(C)ccc21. The van der Waals surface area contributed by atoms with E-state index >= 15 is 0 Å². The molecule has 0 aliphatic heterocycles. The molecule has 16 heavy (non-hydrogen) atoms. The van der Waals surface area contributed by atoms with Gasteiger partial charge in [0.1, 0.15) is 0 Å². The van der Waals surface area contributed by atoms with Gasteiger partial charge in [-0.25, -0.2) is 0 Å². The van der Waals surface area contributed by atoms with Crippen LogP contribution in [0.2, 0.25) is 0 Å². The number of ketones is 1. The van der Waals surface area contributed by atoms with Gasteiger partial charge in [0.15, 0.2) is 5.78 Å². The molecule has 0 fully saturated rings. The van der Waals surface area contributed by atoms with E-state index in [4.69, 9.17) is 0 Å². The number of amides is 1. The number of benzene rings is 1. The summed E-state index contributed by atoms with van der Waals surface area (Å²) in [6.07, 6.45) is 0.866. The van der Waals surface area contributed by atoms with Gasteiger partial charge >= 0.3 is 0 Å². The second-order valence-electron chi connectivity index (χ2n) is 4.29. The molecule has 1 aliphatic carbocycles. The largest absolute Gasteiger partial charge is 0.359 e. The Morgan fingerprint density at radius 1 is 1.50 bits per heavy atom. The molecule has 1 N–H and O–H groups in total. The zero-order valence-corrected chi connectivity index (χ0v) is 9.54.